The predicted octanol–water partition coefficient (Wildman–Crippen LogP) is 3.58. The van der Waals surface area contributed by atoms with Crippen molar-refractivity contribution < 1.29 is 4.74 Å². The molecule has 0 saturated heterocycles. The number of methoxy groups -OCH3 is 1. The monoisotopic (exact) mass is 288 g/mol. The number of nitrogens with one attached hydrogen (secondary N) is 1. The summed E-state index contributed by atoms with van der Waals surface area (Å²) in [5, 5.41) is 2.05. The average molecular weight is 288 g/mol. The maximum Gasteiger partial charge on any atom is 0.134 e. The van der Waals surface area contributed by atoms with Crippen LogP contribution >= 0.6 is 11.3 Å². The van der Waals surface area contributed by atoms with E-state index < -0.39 is 0 Å². The lowest BCUT2D eigenvalue weighted by molar-refractivity contribution is 0.403. The molecule has 1 aromatic heterocycles. The lowest BCUT2D eigenvalue weighted by Gasteiger charge is -2.30. The molecule has 1 heterocycles. The third kappa shape index (κ3) is 2.35. The Kier molecular flexibility index (Phi) is 4.05. The largest absolute Gasteiger partial charge is 0.496 e. The van der Waals surface area contributed by atoms with Crippen molar-refractivity contribution >= 4 is 11.3 Å². The molecule has 0 aliphatic heterocycles. The highest BCUT2D eigenvalue weighted by molar-refractivity contribution is 7.10. The summed E-state index contributed by atoms with van der Waals surface area (Å²) in [5.74, 6) is 7.44. The van der Waals surface area contributed by atoms with E-state index in [0.29, 0.717) is 5.92 Å². The SMILES string of the molecule is COc1ccsc1C(NN)c1ccccc1C1CCC1. The van der Waals surface area contributed by atoms with Gasteiger partial charge in [0.2, 0.25) is 0 Å². The summed E-state index contributed by atoms with van der Waals surface area (Å²) in [5.41, 5.74) is 5.68. The van der Waals surface area contributed by atoms with Crippen molar-refractivity contribution in [2.75, 3.05) is 7.11 Å². The van der Waals surface area contributed by atoms with Crippen LogP contribution in [0.15, 0.2) is 35.7 Å². The molecule has 20 heavy (non-hydrogen) atoms. The summed E-state index contributed by atoms with van der Waals surface area (Å²) in [7, 11) is 1.71. The molecule has 0 spiro atoms. The Morgan fingerprint density at radius 1 is 1.30 bits per heavy atom. The van der Waals surface area contributed by atoms with Crippen molar-refractivity contribution in [2.24, 2.45) is 5.84 Å². The number of hydrogen-bond acceptors (Lipinski definition) is 4. The van der Waals surface area contributed by atoms with Crippen molar-refractivity contribution in [2.45, 2.75) is 31.2 Å². The van der Waals surface area contributed by atoms with Gasteiger partial charge < -0.3 is 4.74 Å². The van der Waals surface area contributed by atoms with Crippen LogP contribution in [0.2, 0.25) is 0 Å². The van der Waals surface area contributed by atoms with E-state index >= 15 is 0 Å². The minimum Gasteiger partial charge on any atom is -0.496 e. The number of thiophene rings is 1. The molecular weight excluding hydrogens is 268 g/mol. The molecule has 0 amide bonds. The Labute approximate surface area is 123 Å². The first kappa shape index (κ1) is 13.6. The summed E-state index contributed by atoms with van der Waals surface area (Å²) in [6.45, 7) is 0. The van der Waals surface area contributed by atoms with Gasteiger partial charge in [0, 0.05) is 0 Å². The van der Waals surface area contributed by atoms with Gasteiger partial charge >= 0.3 is 0 Å². The highest BCUT2D eigenvalue weighted by atomic mass is 32.1. The molecule has 3 rings (SSSR count). The lowest BCUT2D eigenvalue weighted by Crippen LogP contribution is -2.30. The minimum atomic E-state index is 0.00162. The first-order valence-electron chi connectivity index (χ1n) is 7.01. The van der Waals surface area contributed by atoms with Crippen LogP contribution < -0.4 is 16.0 Å². The molecule has 3 N–H and O–H groups in total. The van der Waals surface area contributed by atoms with Crippen molar-refractivity contribution in [3.05, 3.63) is 51.7 Å². The first-order chi connectivity index (χ1) is 9.85. The maximum absolute atomic E-state index is 5.85. The van der Waals surface area contributed by atoms with E-state index in [-0.39, 0.29) is 6.04 Å². The number of nitrogens with two attached hydrogens (primary N) is 1. The second-order valence-corrected chi connectivity index (χ2v) is 6.16. The molecule has 1 unspecified atom stereocenters. The van der Waals surface area contributed by atoms with Gasteiger partial charge in [-0.2, -0.15) is 0 Å². The van der Waals surface area contributed by atoms with Crippen molar-refractivity contribution in [1.82, 2.24) is 5.43 Å². The Balaban J connectivity index is 2.01. The smallest absolute Gasteiger partial charge is 0.134 e. The molecule has 3 nitrogen and oxygen atoms in total. The molecule has 1 fully saturated rings. The third-order valence-electron chi connectivity index (χ3n) is 4.16. The quantitative estimate of drug-likeness (QED) is 0.653. The predicted molar refractivity (Wildman–Crippen MR) is 83.1 cm³/mol. The van der Waals surface area contributed by atoms with Crippen molar-refractivity contribution in [3.8, 4) is 5.75 Å². The summed E-state index contributed by atoms with van der Waals surface area (Å²) < 4.78 is 5.45. The summed E-state index contributed by atoms with van der Waals surface area (Å²) in [6, 6.07) is 10.6. The van der Waals surface area contributed by atoms with Gasteiger partial charge in [-0.1, -0.05) is 30.7 Å². The van der Waals surface area contributed by atoms with E-state index in [1.165, 1.54) is 30.4 Å². The zero-order valence-electron chi connectivity index (χ0n) is 11.6. The zero-order valence-corrected chi connectivity index (χ0v) is 12.5. The van der Waals surface area contributed by atoms with Crippen LogP contribution in [-0.2, 0) is 0 Å². The van der Waals surface area contributed by atoms with Crippen LogP contribution in [0.5, 0.6) is 5.75 Å². The Morgan fingerprint density at radius 3 is 2.75 bits per heavy atom. The fraction of sp³-hybridized carbons (Fsp3) is 0.375. The number of hydrazine groups is 1. The van der Waals surface area contributed by atoms with E-state index in [1.54, 1.807) is 18.4 Å². The number of hydrogen-bond donors (Lipinski definition) is 2. The molecule has 0 bridgehead atoms. The Hall–Kier alpha value is -1.36. The highest BCUT2D eigenvalue weighted by Gasteiger charge is 2.27. The van der Waals surface area contributed by atoms with E-state index in [9.17, 15) is 0 Å². The summed E-state index contributed by atoms with van der Waals surface area (Å²) in [4.78, 5) is 1.14. The fourth-order valence-electron chi connectivity index (χ4n) is 2.86. The van der Waals surface area contributed by atoms with Gasteiger partial charge in [0.25, 0.3) is 0 Å². The van der Waals surface area contributed by atoms with Gasteiger partial charge in [-0.25, -0.2) is 5.43 Å². The summed E-state index contributed by atoms with van der Waals surface area (Å²) >= 11 is 1.68. The maximum atomic E-state index is 5.85. The molecule has 1 atom stereocenters. The molecular formula is C16H20N2OS. The fourth-order valence-corrected chi connectivity index (χ4v) is 3.80. The number of ether oxygens (including phenoxy) is 1. The van der Waals surface area contributed by atoms with E-state index in [0.717, 1.165) is 10.6 Å². The van der Waals surface area contributed by atoms with Gasteiger partial charge in [0.1, 0.15) is 5.75 Å². The van der Waals surface area contributed by atoms with Crippen LogP contribution in [0.25, 0.3) is 0 Å². The second-order valence-electron chi connectivity index (χ2n) is 5.21. The standard InChI is InChI=1S/C16H20N2OS/c1-19-14-9-10-20-16(14)15(18-17)13-8-3-2-7-12(13)11-5-4-6-11/h2-3,7-11,15,18H,4-6,17H2,1H3. The minimum absolute atomic E-state index is 0.00162. The molecule has 1 aliphatic carbocycles. The topological polar surface area (TPSA) is 47.3 Å². The van der Waals surface area contributed by atoms with Crippen molar-refractivity contribution in [1.29, 1.82) is 0 Å². The van der Waals surface area contributed by atoms with Crippen LogP contribution in [0.4, 0.5) is 0 Å². The lowest BCUT2D eigenvalue weighted by atomic mass is 9.77. The van der Waals surface area contributed by atoms with Crippen LogP contribution in [0.1, 0.15) is 47.2 Å². The summed E-state index contributed by atoms with van der Waals surface area (Å²) in [6.07, 6.45) is 3.91. The van der Waals surface area contributed by atoms with E-state index in [2.05, 4.69) is 29.7 Å². The second kappa shape index (κ2) is 5.95. The normalized spacial score (nSPS) is 16.7. The molecule has 1 aromatic carbocycles. The Morgan fingerprint density at radius 2 is 2.10 bits per heavy atom. The Bertz CT molecular complexity index is 577. The molecule has 106 valence electrons. The van der Waals surface area contributed by atoms with Crippen LogP contribution in [0, 0.1) is 0 Å². The molecule has 0 radical (unpaired) electrons. The van der Waals surface area contributed by atoms with Crippen LogP contribution in [-0.4, -0.2) is 7.11 Å². The van der Waals surface area contributed by atoms with E-state index in [1.807, 2.05) is 11.4 Å². The van der Waals surface area contributed by atoms with Gasteiger partial charge in [-0.05, 0) is 41.3 Å². The number of benzene rings is 1. The highest BCUT2D eigenvalue weighted by Crippen LogP contribution is 2.42. The first-order valence-corrected chi connectivity index (χ1v) is 7.89. The number of rotatable bonds is 5. The van der Waals surface area contributed by atoms with Crippen LogP contribution in [0.3, 0.4) is 0 Å². The molecule has 4 heteroatoms. The third-order valence-corrected chi connectivity index (χ3v) is 5.12. The van der Waals surface area contributed by atoms with Gasteiger partial charge in [0.15, 0.2) is 0 Å². The van der Waals surface area contributed by atoms with Gasteiger partial charge in [-0.15, -0.1) is 11.3 Å². The molecule has 2 aromatic rings. The van der Waals surface area contributed by atoms with Gasteiger partial charge in [-0.3, -0.25) is 5.84 Å². The average Bonchev–Trinajstić information content (AvgIpc) is 2.88. The molecule has 1 saturated carbocycles. The zero-order chi connectivity index (χ0) is 13.9. The van der Waals surface area contributed by atoms with E-state index in [4.69, 9.17) is 10.6 Å². The van der Waals surface area contributed by atoms with Crippen molar-refractivity contribution in [3.63, 3.8) is 0 Å². The van der Waals surface area contributed by atoms with Gasteiger partial charge in [0.05, 0.1) is 18.0 Å². The molecule has 1 aliphatic rings.